The first-order valence-corrected chi connectivity index (χ1v) is 8.52. The number of rotatable bonds is 3. The summed E-state index contributed by atoms with van der Waals surface area (Å²) in [5.74, 6) is -0.205. The molecule has 3 rings (SSSR count). The number of halogens is 1. The molecule has 1 amide bonds. The van der Waals surface area contributed by atoms with Crippen LogP contribution in [0.4, 0.5) is 11.4 Å². The van der Waals surface area contributed by atoms with Crippen LogP contribution in [0, 0.1) is 0 Å². The minimum Gasteiger partial charge on any atom is -0.370 e. The molecule has 5 nitrogen and oxygen atoms in total. The Bertz CT molecular complexity index is 639. The van der Waals surface area contributed by atoms with Gasteiger partial charge in [-0.2, -0.15) is 0 Å². The summed E-state index contributed by atoms with van der Waals surface area (Å²) in [6.07, 6.45) is 7.11. The van der Waals surface area contributed by atoms with Gasteiger partial charge >= 0.3 is 0 Å². The summed E-state index contributed by atoms with van der Waals surface area (Å²) in [7, 11) is 0. The molecule has 7 heteroatoms. The molecule has 0 aromatic carbocycles. The average molecular weight is 367 g/mol. The number of nitrogens with zero attached hydrogens (tertiary/aromatic N) is 3. The van der Waals surface area contributed by atoms with Gasteiger partial charge in [0.2, 0.25) is 0 Å². The number of nitrogens with one attached hydrogen (secondary N) is 1. The van der Waals surface area contributed by atoms with Crippen LogP contribution in [0.5, 0.6) is 0 Å². The Morgan fingerprint density at radius 1 is 1.33 bits per heavy atom. The molecular weight excluding hydrogens is 352 g/mol. The standard InChI is InChI=1S/C14H15BrN4OS/c15-14-18-11(9-21-14)13(20)17-10-8-16-5-4-12(10)19-6-2-1-3-7-19/h4-5,8-9H,1-3,6-7H2,(H,17,20). The smallest absolute Gasteiger partial charge is 0.275 e. The van der Waals surface area contributed by atoms with Gasteiger partial charge in [0.05, 0.1) is 17.6 Å². The molecule has 2 aromatic rings. The number of carbonyl (C=O) groups excluding carboxylic acids is 1. The van der Waals surface area contributed by atoms with Crippen molar-refractivity contribution in [3.05, 3.63) is 33.5 Å². The molecule has 0 bridgehead atoms. The number of carbonyl (C=O) groups is 1. The van der Waals surface area contributed by atoms with E-state index in [2.05, 4.69) is 36.1 Å². The molecule has 0 saturated carbocycles. The molecule has 1 N–H and O–H groups in total. The van der Waals surface area contributed by atoms with Crippen LogP contribution in [0.3, 0.4) is 0 Å². The summed E-state index contributed by atoms with van der Waals surface area (Å²) in [5.41, 5.74) is 2.20. The van der Waals surface area contributed by atoms with Crippen molar-refractivity contribution in [2.24, 2.45) is 0 Å². The summed E-state index contributed by atoms with van der Waals surface area (Å²) in [4.78, 5) is 22.8. The number of thiazole rings is 1. The maximum Gasteiger partial charge on any atom is 0.275 e. The molecular formula is C14H15BrN4OS. The largest absolute Gasteiger partial charge is 0.370 e. The molecule has 3 heterocycles. The summed E-state index contributed by atoms with van der Waals surface area (Å²) < 4.78 is 0.704. The highest BCUT2D eigenvalue weighted by atomic mass is 79.9. The van der Waals surface area contributed by atoms with Crippen molar-refractivity contribution in [2.45, 2.75) is 19.3 Å². The molecule has 0 atom stereocenters. The van der Waals surface area contributed by atoms with Crippen LogP contribution in [0.2, 0.25) is 0 Å². The van der Waals surface area contributed by atoms with E-state index in [9.17, 15) is 4.79 Å². The molecule has 2 aromatic heterocycles. The molecule has 0 unspecified atom stereocenters. The van der Waals surface area contributed by atoms with Gasteiger partial charge in [0.1, 0.15) is 5.69 Å². The van der Waals surface area contributed by atoms with E-state index in [0.717, 1.165) is 24.5 Å². The first kappa shape index (κ1) is 14.5. The molecule has 1 fully saturated rings. The van der Waals surface area contributed by atoms with Crippen molar-refractivity contribution in [1.82, 2.24) is 9.97 Å². The monoisotopic (exact) mass is 366 g/mol. The minimum absolute atomic E-state index is 0.205. The van der Waals surface area contributed by atoms with Crippen LogP contribution in [-0.2, 0) is 0 Å². The fourth-order valence-corrected chi connectivity index (χ4v) is 3.43. The Morgan fingerprint density at radius 3 is 2.86 bits per heavy atom. The van der Waals surface area contributed by atoms with Crippen molar-refractivity contribution >= 4 is 44.5 Å². The summed E-state index contributed by atoms with van der Waals surface area (Å²) >= 11 is 4.66. The lowest BCUT2D eigenvalue weighted by atomic mass is 10.1. The summed E-state index contributed by atoms with van der Waals surface area (Å²) in [5, 5.41) is 4.65. The Balaban J connectivity index is 1.80. The van der Waals surface area contributed by atoms with E-state index in [0.29, 0.717) is 9.61 Å². The Kier molecular flexibility index (Phi) is 4.50. The maximum absolute atomic E-state index is 12.2. The zero-order valence-corrected chi connectivity index (χ0v) is 13.8. The van der Waals surface area contributed by atoms with Crippen molar-refractivity contribution < 1.29 is 4.79 Å². The third kappa shape index (κ3) is 3.41. The fourth-order valence-electron chi connectivity index (χ4n) is 2.44. The van der Waals surface area contributed by atoms with Crippen molar-refractivity contribution in [2.75, 3.05) is 23.3 Å². The number of hydrogen-bond acceptors (Lipinski definition) is 5. The van der Waals surface area contributed by atoms with Crippen LogP contribution in [0.1, 0.15) is 29.8 Å². The zero-order chi connectivity index (χ0) is 14.7. The van der Waals surface area contributed by atoms with E-state index in [1.807, 2.05) is 6.07 Å². The average Bonchev–Trinajstić information content (AvgIpc) is 2.95. The SMILES string of the molecule is O=C(Nc1cnccc1N1CCCCC1)c1csc(Br)n1. The number of anilines is 2. The number of hydrogen-bond donors (Lipinski definition) is 1. The highest BCUT2D eigenvalue weighted by molar-refractivity contribution is 9.11. The molecule has 21 heavy (non-hydrogen) atoms. The second-order valence-corrected chi connectivity index (χ2v) is 7.01. The van der Waals surface area contributed by atoms with E-state index < -0.39 is 0 Å². The first-order chi connectivity index (χ1) is 10.2. The fraction of sp³-hybridized carbons (Fsp3) is 0.357. The van der Waals surface area contributed by atoms with E-state index in [1.54, 1.807) is 17.8 Å². The normalized spacial score (nSPS) is 15.0. The molecule has 1 saturated heterocycles. The summed E-state index contributed by atoms with van der Waals surface area (Å²) in [6, 6.07) is 1.96. The van der Waals surface area contributed by atoms with Crippen LogP contribution in [-0.4, -0.2) is 29.0 Å². The molecule has 0 aliphatic carbocycles. The van der Waals surface area contributed by atoms with E-state index in [1.165, 1.54) is 30.6 Å². The van der Waals surface area contributed by atoms with Gasteiger partial charge in [-0.05, 0) is 41.3 Å². The van der Waals surface area contributed by atoms with E-state index in [4.69, 9.17) is 0 Å². The molecule has 1 aliphatic rings. The highest BCUT2D eigenvalue weighted by Gasteiger charge is 2.17. The van der Waals surface area contributed by atoms with Gasteiger partial charge in [-0.25, -0.2) is 4.98 Å². The Hall–Kier alpha value is -1.47. The van der Waals surface area contributed by atoms with Gasteiger partial charge in [-0.15, -0.1) is 11.3 Å². The topological polar surface area (TPSA) is 58.1 Å². The number of aromatic nitrogens is 2. The lowest BCUT2D eigenvalue weighted by Gasteiger charge is -2.30. The van der Waals surface area contributed by atoms with Gasteiger partial charge in [0.15, 0.2) is 3.92 Å². The summed E-state index contributed by atoms with van der Waals surface area (Å²) in [6.45, 7) is 2.05. The Labute approximate surface area is 135 Å². The van der Waals surface area contributed by atoms with Crippen LogP contribution in [0.15, 0.2) is 27.8 Å². The first-order valence-electron chi connectivity index (χ1n) is 6.85. The Morgan fingerprint density at radius 2 is 2.14 bits per heavy atom. The molecule has 110 valence electrons. The minimum atomic E-state index is -0.205. The van der Waals surface area contributed by atoms with Crippen molar-refractivity contribution in [1.29, 1.82) is 0 Å². The van der Waals surface area contributed by atoms with E-state index >= 15 is 0 Å². The van der Waals surface area contributed by atoms with Gasteiger partial charge in [-0.3, -0.25) is 9.78 Å². The predicted molar refractivity (Wildman–Crippen MR) is 88.1 cm³/mol. The van der Waals surface area contributed by atoms with Crippen molar-refractivity contribution in [3.8, 4) is 0 Å². The second kappa shape index (κ2) is 6.53. The maximum atomic E-state index is 12.2. The van der Waals surface area contributed by atoms with Gasteiger partial charge in [0.25, 0.3) is 5.91 Å². The van der Waals surface area contributed by atoms with Gasteiger partial charge in [0, 0.05) is 24.7 Å². The van der Waals surface area contributed by atoms with Crippen LogP contribution >= 0.6 is 27.3 Å². The lowest BCUT2D eigenvalue weighted by Crippen LogP contribution is -2.30. The van der Waals surface area contributed by atoms with Gasteiger partial charge < -0.3 is 10.2 Å². The number of pyridine rings is 1. The molecule has 0 radical (unpaired) electrons. The van der Waals surface area contributed by atoms with Gasteiger partial charge in [-0.1, -0.05) is 0 Å². The molecule has 0 spiro atoms. The quantitative estimate of drug-likeness (QED) is 0.902. The number of amides is 1. The third-order valence-corrected chi connectivity index (χ3v) is 4.82. The molecule has 1 aliphatic heterocycles. The van der Waals surface area contributed by atoms with Crippen molar-refractivity contribution in [3.63, 3.8) is 0 Å². The van der Waals surface area contributed by atoms with Crippen LogP contribution < -0.4 is 10.2 Å². The highest BCUT2D eigenvalue weighted by Crippen LogP contribution is 2.28. The predicted octanol–water partition coefficient (Wildman–Crippen LogP) is 3.54. The third-order valence-electron chi connectivity index (χ3n) is 3.45. The second-order valence-electron chi connectivity index (χ2n) is 4.88. The number of piperidine rings is 1. The van der Waals surface area contributed by atoms with E-state index in [-0.39, 0.29) is 5.91 Å². The lowest BCUT2D eigenvalue weighted by molar-refractivity contribution is 0.102. The van der Waals surface area contributed by atoms with Crippen LogP contribution in [0.25, 0.3) is 0 Å². The zero-order valence-electron chi connectivity index (χ0n) is 11.4.